The largest absolute Gasteiger partial charge is 0.466 e. The molecule has 0 aromatic carbocycles. The van der Waals surface area contributed by atoms with E-state index in [0.717, 1.165) is 17.1 Å². The highest BCUT2D eigenvalue weighted by Gasteiger charge is 2.18. The highest BCUT2D eigenvalue weighted by Crippen LogP contribution is 2.20. The maximum absolute atomic E-state index is 11.2. The molecule has 0 bridgehead atoms. The summed E-state index contributed by atoms with van der Waals surface area (Å²) in [5.41, 5.74) is 2.61. The van der Waals surface area contributed by atoms with E-state index in [1.165, 1.54) is 0 Å². The molecule has 0 aliphatic heterocycles. The van der Waals surface area contributed by atoms with E-state index in [1.54, 1.807) is 19.3 Å². The van der Waals surface area contributed by atoms with E-state index in [4.69, 9.17) is 10.3 Å². The molecule has 1 heterocycles. The first-order chi connectivity index (χ1) is 7.45. The van der Waals surface area contributed by atoms with Gasteiger partial charge in [-0.2, -0.15) is 0 Å². The van der Waals surface area contributed by atoms with Crippen LogP contribution in [0, 0.1) is 13.8 Å². The lowest BCUT2D eigenvalue weighted by atomic mass is 10.1. The quantitative estimate of drug-likeness (QED) is 0.287. The normalized spacial score (nSPS) is 12.0. The number of hydrazine groups is 1. The number of aryl methyl sites for hydroxylation is 2. The Labute approximate surface area is 93.1 Å². The van der Waals surface area contributed by atoms with Gasteiger partial charge in [-0.05, 0) is 26.8 Å². The molecular weight excluding hydrogens is 210 g/mol. The molecule has 0 aliphatic carbocycles. The lowest BCUT2D eigenvalue weighted by Gasteiger charge is -2.11. The lowest BCUT2D eigenvalue weighted by molar-refractivity contribution is -0.139. The van der Waals surface area contributed by atoms with Crippen molar-refractivity contribution in [1.82, 2.24) is 10.7 Å². The highest BCUT2D eigenvalue weighted by atomic mass is 16.3. The minimum Gasteiger partial charge on any atom is -0.466 e. The monoisotopic (exact) mass is 225 g/mol. The van der Waals surface area contributed by atoms with E-state index < -0.39 is 11.8 Å². The van der Waals surface area contributed by atoms with E-state index in [-0.39, 0.29) is 6.04 Å². The molecule has 6 nitrogen and oxygen atoms in total. The second kappa shape index (κ2) is 4.80. The van der Waals surface area contributed by atoms with Crippen molar-refractivity contribution < 1.29 is 14.0 Å². The van der Waals surface area contributed by atoms with Crippen LogP contribution in [0.5, 0.6) is 0 Å². The van der Waals surface area contributed by atoms with Crippen LogP contribution in [0.4, 0.5) is 0 Å². The summed E-state index contributed by atoms with van der Waals surface area (Å²) >= 11 is 0. The van der Waals surface area contributed by atoms with E-state index >= 15 is 0 Å². The number of nitrogens with one attached hydrogen (secondary N) is 2. The van der Waals surface area contributed by atoms with Gasteiger partial charge in [-0.15, -0.1) is 0 Å². The summed E-state index contributed by atoms with van der Waals surface area (Å²) in [5.74, 6) is 4.68. The highest BCUT2D eigenvalue weighted by molar-refractivity contribution is 6.34. The second-order valence-corrected chi connectivity index (χ2v) is 3.54. The van der Waals surface area contributed by atoms with E-state index in [0.29, 0.717) is 0 Å². The van der Waals surface area contributed by atoms with Crippen LogP contribution < -0.4 is 16.6 Å². The molecule has 6 heteroatoms. The van der Waals surface area contributed by atoms with Gasteiger partial charge >= 0.3 is 11.8 Å². The van der Waals surface area contributed by atoms with Crippen molar-refractivity contribution in [3.8, 4) is 0 Å². The zero-order valence-corrected chi connectivity index (χ0v) is 9.46. The molecule has 1 rings (SSSR count). The topological polar surface area (TPSA) is 97.4 Å². The molecule has 1 aromatic heterocycles. The SMILES string of the molecule is Cc1cc(C(C)NC(=O)C(=O)NN)c(C)o1. The fourth-order valence-electron chi connectivity index (χ4n) is 1.49. The summed E-state index contributed by atoms with van der Waals surface area (Å²) in [6.45, 7) is 5.38. The molecule has 0 saturated carbocycles. The lowest BCUT2D eigenvalue weighted by Crippen LogP contribution is -2.43. The number of carbonyl (C=O) groups excluding carboxylic acids is 2. The minimum atomic E-state index is -0.871. The van der Waals surface area contributed by atoms with Crippen molar-refractivity contribution in [2.45, 2.75) is 26.8 Å². The smallest absolute Gasteiger partial charge is 0.323 e. The standard InChI is InChI=1S/C10H15N3O3/c1-5-4-8(7(3)16-5)6(2)12-9(14)10(15)13-11/h4,6H,11H2,1-3H3,(H,12,14)(H,13,15). The summed E-state index contributed by atoms with van der Waals surface area (Å²) in [7, 11) is 0. The van der Waals surface area contributed by atoms with E-state index in [2.05, 4.69) is 5.32 Å². The molecule has 88 valence electrons. The van der Waals surface area contributed by atoms with Crippen molar-refractivity contribution >= 4 is 11.8 Å². The van der Waals surface area contributed by atoms with Crippen LogP contribution in [0.25, 0.3) is 0 Å². The average molecular weight is 225 g/mol. The zero-order chi connectivity index (χ0) is 12.3. The van der Waals surface area contributed by atoms with Crippen molar-refractivity contribution in [1.29, 1.82) is 0 Å². The summed E-state index contributed by atoms with van der Waals surface area (Å²) in [4.78, 5) is 22.1. The van der Waals surface area contributed by atoms with Gasteiger partial charge in [-0.3, -0.25) is 15.0 Å². The Balaban J connectivity index is 2.72. The van der Waals surface area contributed by atoms with Crippen LogP contribution in [0.2, 0.25) is 0 Å². The maximum atomic E-state index is 11.2. The predicted molar refractivity (Wildman–Crippen MR) is 57.1 cm³/mol. The Kier molecular flexibility index (Phi) is 3.68. The molecule has 0 radical (unpaired) electrons. The predicted octanol–water partition coefficient (Wildman–Crippen LogP) is 0.0635. The van der Waals surface area contributed by atoms with Gasteiger partial charge in [-0.1, -0.05) is 0 Å². The van der Waals surface area contributed by atoms with Gasteiger partial charge in [0.25, 0.3) is 0 Å². The van der Waals surface area contributed by atoms with E-state index in [1.807, 2.05) is 13.0 Å². The summed E-state index contributed by atoms with van der Waals surface area (Å²) in [5, 5.41) is 2.51. The number of carbonyl (C=O) groups is 2. The molecule has 0 saturated heterocycles. The molecule has 0 aliphatic rings. The van der Waals surface area contributed by atoms with Gasteiger partial charge in [0.15, 0.2) is 0 Å². The van der Waals surface area contributed by atoms with Crippen LogP contribution in [0.15, 0.2) is 10.5 Å². The fourth-order valence-corrected chi connectivity index (χ4v) is 1.49. The van der Waals surface area contributed by atoms with Gasteiger partial charge in [-0.25, -0.2) is 5.84 Å². The Morgan fingerprint density at radius 1 is 1.38 bits per heavy atom. The third kappa shape index (κ3) is 2.60. The summed E-state index contributed by atoms with van der Waals surface area (Å²) < 4.78 is 5.33. The number of nitrogens with two attached hydrogens (primary N) is 1. The molecule has 1 atom stereocenters. The summed E-state index contributed by atoms with van der Waals surface area (Å²) in [6.07, 6.45) is 0. The number of furan rings is 1. The zero-order valence-electron chi connectivity index (χ0n) is 9.46. The van der Waals surface area contributed by atoms with Crippen molar-refractivity contribution in [2.75, 3.05) is 0 Å². The maximum Gasteiger partial charge on any atom is 0.323 e. The van der Waals surface area contributed by atoms with Crippen LogP contribution >= 0.6 is 0 Å². The first-order valence-electron chi connectivity index (χ1n) is 4.84. The number of rotatable bonds is 2. The molecule has 0 fully saturated rings. The van der Waals surface area contributed by atoms with Crippen molar-refractivity contribution in [2.24, 2.45) is 5.84 Å². The fraction of sp³-hybridized carbons (Fsp3) is 0.400. The van der Waals surface area contributed by atoms with Gasteiger partial charge < -0.3 is 9.73 Å². The molecule has 1 aromatic rings. The number of hydrogen-bond donors (Lipinski definition) is 3. The second-order valence-electron chi connectivity index (χ2n) is 3.54. The van der Waals surface area contributed by atoms with Crippen LogP contribution in [0.1, 0.15) is 30.0 Å². The molecule has 1 unspecified atom stereocenters. The Morgan fingerprint density at radius 3 is 2.44 bits per heavy atom. The average Bonchev–Trinajstić information content (AvgIpc) is 2.56. The minimum absolute atomic E-state index is 0.303. The van der Waals surface area contributed by atoms with Crippen molar-refractivity contribution in [3.63, 3.8) is 0 Å². The van der Waals surface area contributed by atoms with Crippen molar-refractivity contribution in [3.05, 3.63) is 23.2 Å². The van der Waals surface area contributed by atoms with Gasteiger partial charge in [0, 0.05) is 5.56 Å². The van der Waals surface area contributed by atoms with E-state index in [9.17, 15) is 9.59 Å². The first kappa shape index (κ1) is 12.3. The van der Waals surface area contributed by atoms with Crippen LogP contribution in [-0.4, -0.2) is 11.8 Å². The molecule has 4 N–H and O–H groups in total. The van der Waals surface area contributed by atoms with Gasteiger partial charge in [0.2, 0.25) is 0 Å². The Bertz CT molecular complexity index is 411. The van der Waals surface area contributed by atoms with Gasteiger partial charge in [0.1, 0.15) is 11.5 Å². The first-order valence-corrected chi connectivity index (χ1v) is 4.84. The van der Waals surface area contributed by atoms with Gasteiger partial charge in [0.05, 0.1) is 6.04 Å². The molecule has 2 amide bonds. The third-order valence-corrected chi connectivity index (χ3v) is 2.23. The number of hydrogen-bond acceptors (Lipinski definition) is 4. The Morgan fingerprint density at radius 2 is 2.00 bits per heavy atom. The third-order valence-electron chi connectivity index (χ3n) is 2.23. The molecule has 0 spiro atoms. The summed E-state index contributed by atoms with van der Waals surface area (Å²) in [6, 6.07) is 1.52. The molecule has 16 heavy (non-hydrogen) atoms. The van der Waals surface area contributed by atoms with Crippen LogP contribution in [0.3, 0.4) is 0 Å². The number of amides is 2. The Hall–Kier alpha value is -1.82. The molecular formula is C10H15N3O3. The van der Waals surface area contributed by atoms with Crippen LogP contribution in [-0.2, 0) is 9.59 Å².